The van der Waals surface area contributed by atoms with Crippen LogP contribution in [0.25, 0.3) is 0 Å². The summed E-state index contributed by atoms with van der Waals surface area (Å²) in [7, 11) is 0. The Kier molecular flexibility index (Phi) is 4.25. The number of aryl methyl sites for hydroxylation is 1. The molecule has 3 rings (SSSR count). The minimum absolute atomic E-state index is 0.0759. The number of thiophene rings is 1. The van der Waals surface area contributed by atoms with Crippen molar-refractivity contribution in [1.82, 2.24) is 4.90 Å². The van der Waals surface area contributed by atoms with Crippen molar-refractivity contribution in [3.63, 3.8) is 0 Å². The lowest BCUT2D eigenvalue weighted by Crippen LogP contribution is -2.36. The van der Waals surface area contributed by atoms with Crippen LogP contribution in [0.3, 0.4) is 0 Å². The summed E-state index contributed by atoms with van der Waals surface area (Å²) in [5.41, 5.74) is 2.26. The maximum Gasteiger partial charge on any atom is 0.261 e. The molecule has 0 spiro atoms. The number of para-hydroxylation sites is 1. The third-order valence-corrected chi connectivity index (χ3v) is 4.42. The normalized spacial score (nSPS) is 14.0. The SMILES string of the molecule is Cc1ccccc1OCC(=O)N(Cc1ccsc1)C1CC1. The number of rotatable bonds is 6. The summed E-state index contributed by atoms with van der Waals surface area (Å²) >= 11 is 1.67. The molecule has 2 aromatic rings. The molecule has 1 amide bonds. The van der Waals surface area contributed by atoms with Gasteiger partial charge in [0.15, 0.2) is 6.61 Å². The first kappa shape index (κ1) is 14.1. The molecule has 1 aromatic heterocycles. The van der Waals surface area contributed by atoms with Gasteiger partial charge in [-0.05, 0) is 53.8 Å². The molecule has 1 aliphatic carbocycles. The van der Waals surface area contributed by atoms with Crippen molar-refractivity contribution in [2.75, 3.05) is 6.61 Å². The monoisotopic (exact) mass is 301 g/mol. The predicted octanol–water partition coefficient (Wildman–Crippen LogP) is 3.63. The molecule has 0 unspecified atom stereocenters. The molecule has 4 heteroatoms. The van der Waals surface area contributed by atoms with E-state index in [1.165, 1.54) is 5.56 Å². The van der Waals surface area contributed by atoms with Gasteiger partial charge in [0.05, 0.1) is 0 Å². The highest BCUT2D eigenvalue weighted by atomic mass is 32.1. The van der Waals surface area contributed by atoms with E-state index in [-0.39, 0.29) is 12.5 Å². The third-order valence-electron chi connectivity index (χ3n) is 3.69. The fraction of sp³-hybridized carbons (Fsp3) is 0.353. The smallest absolute Gasteiger partial charge is 0.261 e. The molecule has 0 atom stereocenters. The topological polar surface area (TPSA) is 29.5 Å². The van der Waals surface area contributed by atoms with Gasteiger partial charge in [0, 0.05) is 12.6 Å². The number of ether oxygens (including phenoxy) is 1. The molecule has 0 N–H and O–H groups in total. The molecule has 1 fully saturated rings. The Morgan fingerprint density at radius 3 is 2.81 bits per heavy atom. The lowest BCUT2D eigenvalue weighted by atomic mass is 10.2. The minimum Gasteiger partial charge on any atom is -0.484 e. The number of benzene rings is 1. The minimum atomic E-state index is 0.0759. The van der Waals surface area contributed by atoms with Gasteiger partial charge in [-0.3, -0.25) is 4.79 Å². The highest BCUT2D eigenvalue weighted by molar-refractivity contribution is 7.07. The van der Waals surface area contributed by atoms with Gasteiger partial charge in [0.2, 0.25) is 0 Å². The van der Waals surface area contributed by atoms with E-state index in [9.17, 15) is 4.79 Å². The van der Waals surface area contributed by atoms with Gasteiger partial charge in [0.1, 0.15) is 5.75 Å². The summed E-state index contributed by atoms with van der Waals surface area (Å²) < 4.78 is 5.69. The maximum absolute atomic E-state index is 12.4. The van der Waals surface area contributed by atoms with Crippen LogP contribution in [0.2, 0.25) is 0 Å². The molecule has 0 aliphatic heterocycles. The molecular formula is C17H19NO2S. The van der Waals surface area contributed by atoms with E-state index in [1.54, 1.807) is 11.3 Å². The largest absolute Gasteiger partial charge is 0.484 e. The van der Waals surface area contributed by atoms with Crippen molar-refractivity contribution in [1.29, 1.82) is 0 Å². The number of carbonyl (C=O) groups excluding carboxylic acids is 1. The molecule has 1 heterocycles. The Labute approximate surface area is 129 Å². The third kappa shape index (κ3) is 3.64. The molecule has 3 nitrogen and oxygen atoms in total. The van der Waals surface area contributed by atoms with Crippen LogP contribution >= 0.6 is 11.3 Å². The second kappa shape index (κ2) is 6.31. The maximum atomic E-state index is 12.4. The number of hydrogen-bond donors (Lipinski definition) is 0. The highest BCUT2D eigenvalue weighted by Gasteiger charge is 2.32. The second-order valence-electron chi connectivity index (χ2n) is 5.44. The summed E-state index contributed by atoms with van der Waals surface area (Å²) in [5.74, 6) is 0.865. The van der Waals surface area contributed by atoms with Crippen LogP contribution < -0.4 is 4.74 Å². The van der Waals surface area contributed by atoms with Gasteiger partial charge in [-0.1, -0.05) is 18.2 Å². The standard InChI is InChI=1S/C17H19NO2S/c1-13-4-2-3-5-16(13)20-11-17(19)18(15-6-7-15)10-14-8-9-21-12-14/h2-5,8-9,12,15H,6-7,10-11H2,1H3. The first-order chi connectivity index (χ1) is 10.2. The fourth-order valence-corrected chi connectivity index (χ4v) is 2.99. The van der Waals surface area contributed by atoms with Gasteiger partial charge in [-0.2, -0.15) is 11.3 Å². The van der Waals surface area contributed by atoms with Gasteiger partial charge in [-0.15, -0.1) is 0 Å². The zero-order chi connectivity index (χ0) is 14.7. The Hall–Kier alpha value is -1.81. The van der Waals surface area contributed by atoms with E-state index in [4.69, 9.17) is 4.74 Å². The average Bonchev–Trinajstić information content (AvgIpc) is 3.20. The number of nitrogens with zero attached hydrogens (tertiary/aromatic N) is 1. The molecule has 1 saturated carbocycles. The van der Waals surface area contributed by atoms with Crippen LogP contribution in [0.1, 0.15) is 24.0 Å². The fourth-order valence-electron chi connectivity index (χ4n) is 2.33. The Bertz CT molecular complexity index is 605. The van der Waals surface area contributed by atoms with Crippen molar-refractivity contribution >= 4 is 17.2 Å². The van der Waals surface area contributed by atoms with Crippen molar-refractivity contribution in [3.05, 3.63) is 52.2 Å². The van der Waals surface area contributed by atoms with E-state index in [0.717, 1.165) is 24.2 Å². The van der Waals surface area contributed by atoms with Gasteiger partial charge < -0.3 is 9.64 Å². The molecule has 21 heavy (non-hydrogen) atoms. The van der Waals surface area contributed by atoms with Crippen LogP contribution in [-0.2, 0) is 11.3 Å². The van der Waals surface area contributed by atoms with E-state index in [1.807, 2.05) is 36.1 Å². The van der Waals surface area contributed by atoms with E-state index < -0.39 is 0 Å². The van der Waals surface area contributed by atoms with Crippen LogP contribution in [0.15, 0.2) is 41.1 Å². The van der Waals surface area contributed by atoms with Gasteiger partial charge in [0.25, 0.3) is 5.91 Å². The zero-order valence-electron chi connectivity index (χ0n) is 12.1. The quantitative estimate of drug-likeness (QED) is 0.815. The lowest BCUT2D eigenvalue weighted by Gasteiger charge is -2.22. The predicted molar refractivity (Wildman–Crippen MR) is 84.6 cm³/mol. The first-order valence-corrected chi connectivity index (χ1v) is 8.17. The van der Waals surface area contributed by atoms with Crippen molar-refractivity contribution in [2.45, 2.75) is 32.4 Å². The summed E-state index contributed by atoms with van der Waals surface area (Å²) in [6.45, 7) is 2.81. The summed E-state index contributed by atoms with van der Waals surface area (Å²) in [6, 6.07) is 10.3. The zero-order valence-corrected chi connectivity index (χ0v) is 12.9. The van der Waals surface area contributed by atoms with Crippen LogP contribution in [0, 0.1) is 6.92 Å². The van der Waals surface area contributed by atoms with Gasteiger partial charge >= 0.3 is 0 Å². The molecular weight excluding hydrogens is 282 g/mol. The molecule has 0 saturated heterocycles. The molecule has 110 valence electrons. The number of hydrogen-bond acceptors (Lipinski definition) is 3. The van der Waals surface area contributed by atoms with Crippen LogP contribution in [0.5, 0.6) is 5.75 Å². The van der Waals surface area contributed by atoms with Gasteiger partial charge in [-0.25, -0.2) is 0 Å². The molecule has 1 aromatic carbocycles. The van der Waals surface area contributed by atoms with Crippen molar-refractivity contribution < 1.29 is 9.53 Å². The van der Waals surface area contributed by atoms with E-state index in [0.29, 0.717) is 12.6 Å². The number of amides is 1. The summed E-state index contributed by atoms with van der Waals surface area (Å²) in [4.78, 5) is 14.4. The number of carbonyl (C=O) groups is 1. The van der Waals surface area contributed by atoms with E-state index >= 15 is 0 Å². The highest BCUT2D eigenvalue weighted by Crippen LogP contribution is 2.29. The molecule has 0 radical (unpaired) electrons. The molecule has 1 aliphatic rings. The lowest BCUT2D eigenvalue weighted by molar-refractivity contribution is -0.134. The molecule has 0 bridgehead atoms. The Morgan fingerprint density at radius 2 is 2.14 bits per heavy atom. The van der Waals surface area contributed by atoms with Crippen molar-refractivity contribution in [2.24, 2.45) is 0 Å². The van der Waals surface area contributed by atoms with Crippen molar-refractivity contribution in [3.8, 4) is 5.75 Å². The first-order valence-electron chi connectivity index (χ1n) is 7.23. The van der Waals surface area contributed by atoms with Crippen LogP contribution in [-0.4, -0.2) is 23.5 Å². The average molecular weight is 301 g/mol. The van der Waals surface area contributed by atoms with E-state index in [2.05, 4.69) is 16.8 Å². The Morgan fingerprint density at radius 1 is 1.33 bits per heavy atom. The summed E-state index contributed by atoms with van der Waals surface area (Å²) in [5, 5.41) is 4.15. The second-order valence-corrected chi connectivity index (χ2v) is 6.22. The Balaban J connectivity index is 1.61. The van der Waals surface area contributed by atoms with Crippen LogP contribution in [0.4, 0.5) is 0 Å². The summed E-state index contributed by atoms with van der Waals surface area (Å²) in [6.07, 6.45) is 2.22.